The van der Waals surface area contributed by atoms with E-state index in [1.54, 1.807) is 12.4 Å². The van der Waals surface area contributed by atoms with Crippen LogP contribution in [0.5, 0.6) is 0 Å². The average molecular weight is 421 g/mol. The van der Waals surface area contributed by atoms with Crippen molar-refractivity contribution in [1.82, 2.24) is 19.8 Å². The second-order valence-corrected chi connectivity index (χ2v) is 9.14. The van der Waals surface area contributed by atoms with Crippen LogP contribution in [0.25, 0.3) is 0 Å². The molecule has 1 aromatic rings. The number of hydrogen-bond donors (Lipinski definition) is 2. The van der Waals surface area contributed by atoms with Gasteiger partial charge in [0.2, 0.25) is 0 Å². The number of aromatic nitrogens is 2. The molecule has 0 aromatic carbocycles. The number of ether oxygens (including phenoxy) is 2. The zero-order valence-electron chi connectivity index (χ0n) is 19.5. The van der Waals surface area contributed by atoms with E-state index in [0.29, 0.717) is 12.1 Å². The van der Waals surface area contributed by atoms with E-state index >= 15 is 0 Å². The fourth-order valence-corrected chi connectivity index (χ4v) is 4.50. The van der Waals surface area contributed by atoms with Gasteiger partial charge in [-0.2, -0.15) is 0 Å². The molecule has 2 aliphatic heterocycles. The fourth-order valence-electron chi connectivity index (χ4n) is 4.50. The monoisotopic (exact) mass is 420 g/mol. The van der Waals surface area contributed by atoms with E-state index in [9.17, 15) is 0 Å². The van der Waals surface area contributed by atoms with Gasteiger partial charge < -0.3 is 20.1 Å². The maximum absolute atomic E-state index is 5.86. The van der Waals surface area contributed by atoms with Crippen LogP contribution >= 0.6 is 0 Å². The van der Waals surface area contributed by atoms with Crippen LogP contribution in [-0.4, -0.2) is 95.5 Å². The Bertz CT molecular complexity index is 587. The summed E-state index contributed by atoms with van der Waals surface area (Å²) in [6.07, 6.45) is 4.58. The van der Waals surface area contributed by atoms with Crippen molar-refractivity contribution >= 4 is 11.6 Å². The van der Waals surface area contributed by atoms with E-state index in [-0.39, 0.29) is 24.4 Å². The van der Waals surface area contributed by atoms with Gasteiger partial charge in [0.15, 0.2) is 11.6 Å². The molecule has 2 fully saturated rings. The highest BCUT2D eigenvalue weighted by Crippen LogP contribution is 2.19. The molecule has 1 aromatic heterocycles. The number of nitrogens with zero attached hydrogens (tertiary/aromatic N) is 4. The van der Waals surface area contributed by atoms with Gasteiger partial charge in [-0.1, -0.05) is 0 Å². The Labute approximate surface area is 181 Å². The largest absolute Gasteiger partial charge is 0.373 e. The molecule has 2 saturated heterocycles. The molecule has 30 heavy (non-hydrogen) atoms. The first-order chi connectivity index (χ1) is 14.3. The third-order valence-electron chi connectivity index (χ3n) is 5.97. The number of anilines is 2. The summed E-state index contributed by atoms with van der Waals surface area (Å²) >= 11 is 0. The first-order valence-corrected chi connectivity index (χ1v) is 11.4. The van der Waals surface area contributed by atoms with Crippen molar-refractivity contribution in [1.29, 1.82) is 0 Å². The summed E-state index contributed by atoms with van der Waals surface area (Å²) in [6.45, 7) is 18.6. The number of rotatable bonds is 8. The molecule has 3 heterocycles. The molecule has 0 saturated carbocycles. The lowest BCUT2D eigenvalue weighted by molar-refractivity contribution is -0.0771. The van der Waals surface area contributed by atoms with Crippen LogP contribution in [0.1, 0.15) is 41.5 Å². The predicted octanol–water partition coefficient (Wildman–Crippen LogP) is 2.30. The van der Waals surface area contributed by atoms with Gasteiger partial charge in [-0.15, -0.1) is 0 Å². The van der Waals surface area contributed by atoms with Crippen LogP contribution in [0.4, 0.5) is 11.6 Å². The van der Waals surface area contributed by atoms with Crippen LogP contribution in [0.2, 0.25) is 0 Å². The summed E-state index contributed by atoms with van der Waals surface area (Å²) in [5.74, 6) is 1.63. The lowest BCUT2D eigenvalue weighted by Gasteiger charge is -2.39. The predicted molar refractivity (Wildman–Crippen MR) is 121 cm³/mol. The highest BCUT2D eigenvalue weighted by Gasteiger charge is 2.27. The molecular weight excluding hydrogens is 380 g/mol. The van der Waals surface area contributed by atoms with Crippen molar-refractivity contribution in [3.8, 4) is 0 Å². The first-order valence-electron chi connectivity index (χ1n) is 11.4. The Morgan fingerprint density at radius 2 is 1.10 bits per heavy atom. The minimum absolute atomic E-state index is 0.275. The third kappa shape index (κ3) is 6.51. The highest BCUT2D eigenvalue weighted by atomic mass is 16.5. The van der Waals surface area contributed by atoms with E-state index in [4.69, 9.17) is 9.47 Å². The molecule has 0 bridgehead atoms. The number of morpholine rings is 2. The van der Waals surface area contributed by atoms with E-state index in [2.05, 4.69) is 71.9 Å². The minimum Gasteiger partial charge on any atom is -0.373 e. The molecule has 2 N–H and O–H groups in total. The van der Waals surface area contributed by atoms with Gasteiger partial charge in [0.05, 0.1) is 24.4 Å². The summed E-state index contributed by atoms with van der Waals surface area (Å²) in [5, 5.41) is 7.01. The lowest BCUT2D eigenvalue weighted by atomic mass is 10.1. The molecule has 2 unspecified atom stereocenters. The quantitative estimate of drug-likeness (QED) is 0.664. The zero-order valence-corrected chi connectivity index (χ0v) is 19.5. The molecule has 0 amide bonds. The molecular formula is C22H40N6O2. The highest BCUT2D eigenvalue weighted by molar-refractivity contribution is 5.58. The maximum atomic E-state index is 5.86. The summed E-state index contributed by atoms with van der Waals surface area (Å²) < 4.78 is 11.7. The number of nitrogens with one attached hydrogen (secondary N) is 2. The van der Waals surface area contributed by atoms with Crippen LogP contribution < -0.4 is 10.6 Å². The van der Waals surface area contributed by atoms with E-state index in [1.165, 1.54) is 0 Å². The fraction of sp³-hybridized carbons (Fsp3) is 0.818. The Kier molecular flexibility index (Phi) is 8.27. The number of hydrogen-bond acceptors (Lipinski definition) is 8. The summed E-state index contributed by atoms with van der Waals surface area (Å²) in [5.41, 5.74) is 0. The topological polar surface area (TPSA) is 74.8 Å². The summed E-state index contributed by atoms with van der Waals surface area (Å²) in [6, 6.07) is 0.785. The Hall–Kier alpha value is -1.48. The van der Waals surface area contributed by atoms with Crippen molar-refractivity contribution < 1.29 is 9.47 Å². The van der Waals surface area contributed by atoms with Crippen molar-refractivity contribution in [3.63, 3.8) is 0 Å². The third-order valence-corrected chi connectivity index (χ3v) is 5.97. The normalized spacial score (nSPS) is 30.6. The molecule has 170 valence electrons. The Morgan fingerprint density at radius 1 is 0.767 bits per heavy atom. The molecule has 8 nitrogen and oxygen atoms in total. The average Bonchev–Trinajstić information content (AvgIpc) is 2.69. The zero-order chi connectivity index (χ0) is 21.7. The van der Waals surface area contributed by atoms with Crippen molar-refractivity contribution in [2.45, 2.75) is 78.0 Å². The van der Waals surface area contributed by atoms with Crippen LogP contribution in [0, 0.1) is 0 Å². The van der Waals surface area contributed by atoms with Crippen LogP contribution in [-0.2, 0) is 9.47 Å². The van der Waals surface area contributed by atoms with E-state index < -0.39 is 0 Å². The molecule has 3 rings (SSSR count). The van der Waals surface area contributed by atoms with Crippen LogP contribution in [0.15, 0.2) is 12.4 Å². The Morgan fingerprint density at radius 3 is 1.43 bits per heavy atom. The second kappa shape index (κ2) is 10.7. The SMILES string of the molecule is CC(CNc1nccnc1NCC(C)N1C[C@@H](C)O[C@@H](C)C1)N1C[C@@H](C)O[C@@H](C)C1. The van der Waals surface area contributed by atoms with Gasteiger partial charge in [-0.3, -0.25) is 9.80 Å². The van der Waals surface area contributed by atoms with Crippen molar-refractivity contribution in [2.24, 2.45) is 0 Å². The standard InChI is InChI=1S/C22H40N6O2/c1-15(27-11-17(3)29-18(4)12-27)9-25-21-22(24-8-7-23-21)26-10-16(2)28-13-19(5)30-20(6)14-28/h7-8,15-20H,9-14H2,1-6H3,(H,23,25)(H,24,26)/t15?,16?,17-,18+,19-,20+. The molecule has 0 radical (unpaired) electrons. The van der Waals surface area contributed by atoms with Crippen molar-refractivity contribution in [3.05, 3.63) is 12.4 Å². The summed E-state index contributed by atoms with van der Waals surface area (Å²) in [4.78, 5) is 14.0. The van der Waals surface area contributed by atoms with Gasteiger partial charge in [0.1, 0.15) is 0 Å². The van der Waals surface area contributed by atoms with Gasteiger partial charge in [-0.05, 0) is 41.5 Å². The maximum Gasteiger partial charge on any atom is 0.169 e. The first kappa shape index (κ1) is 23.2. The van der Waals surface area contributed by atoms with Gasteiger partial charge in [0.25, 0.3) is 0 Å². The Balaban J connectivity index is 1.51. The molecule has 2 aliphatic rings. The second-order valence-electron chi connectivity index (χ2n) is 9.14. The van der Waals surface area contributed by atoms with Gasteiger partial charge >= 0.3 is 0 Å². The molecule has 8 heteroatoms. The van der Waals surface area contributed by atoms with Gasteiger partial charge in [0, 0.05) is 63.7 Å². The smallest absolute Gasteiger partial charge is 0.169 e. The van der Waals surface area contributed by atoms with E-state index in [1.807, 2.05) is 0 Å². The van der Waals surface area contributed by atoms with Crippen LogP contribution in [0.3, 0.4) is 0 Å². The molecule has 0 spiro atoms. The summed E-state index contributed by atoms with van der Waals surface area (Å²) in [7, 11) is 0. The molecule has 0 aliphatic carbocycles. The molecule has 6 atom stereocenters. The van der Waals surface area contributed by atoms with E-state index in [0.717, 1.165) is 50.9 Å². The van der Waals surface area contributed by atoms with Crippen molar-refractivity contribution in [2.75, 3.05) is 49.9 Å². The minimum atomic E-state index is 0.275. The lowest BCUT2D eigenvalue weighted by Crippen LogP contribution is -2.51. The van der Waals surface area contributed by atoms with Gasteiger partial charge in [-0.25, -0.2) is 9.97 Å².